The Morgan fingerprint density at radius 1 is 1.27 bits per heavy atom. The molecule has 1 unspecified atom stereocenters. The summed E-state index contributed by atoms with van der Waals surface area (Å²) >= 11 is 0. The Kier molecular flexibility index (Phi) is 6.33. The second kappa shape index (κ2) is 8.34. The van der Waals surface area contributed by atoms with Crippen LogP contribution in [-0.4, -0.2) is 22.6 Å². The fourth-order valence-electron chi connectivity index (χ4n) is 3.61. The van der Waals surface area contributed by atoms with E-state index in [1.54, 1.807) is 6.07 Å². The van der Waals surface area contributed by atoms with E-state index >= 15 is 8.78 Å². The molecule has 0 saturated carbocycles. The van der Waals surface area contributed by atoms with Gasteiger partial charge in [-0.25, -0.2) is 25.8 Å². The topological polar surface area (TPSA) is 110 Å². The molecule has 2 aromatic rings. The zero-order valence-electron chi connectivity index (χ0n) is 17.1. The van der Waals surface area contributed by atoms with Gasteiger partial charge in [-0.1, -0.05) is 0 Å². The summed E-state index contributed by atoms with van der Waals surface area (Å²) in [5.41, 5.74) is -2.19. The van der Waals surface area contributed by atoms with E-state index in [2.05, 4.69) is 0 Å². The summed E-state index contributed by atoms with van der Waals surface area (Å²) in [5.74, 6) is -4.28. The minimum atomic E-state index is -5.36. The molecule has 2 atom stereocenters. The minimum Gasteiger partial charge on any atom is -0.457 e. The van der Waals surface area contributed by atoms with Gasteiger partial charge in [-0.15, -0.1) is 0 Å². The highest BCUT2D eigenvalue weighted by Crippen LogP contribution is 2.57. The first kappa shape index (κ1) is 25.1. The summed E-state index contributed by atoms with van der Waals surface area (Å²) < 4.78 is 113. The maximum atomic E-state index is 15.0. The van der Waals surface area contributed by atoms with Gasteiger partial charge in [0.25, 0.3) is 6.43 Å². The molecule has 3 rings (SSSR count). The maximum Gasteiger partial charge on any atom is 0.356 e. The third kappa shape index (κ3) is 4.22. The largest absolute Gasteiger partial charge is 0.457 e. The molecule has 1 heterocycles. The molecule has 6 nitrogen and oxygen atoms in total. The van der Waals surface area contributed by atoms with Gasteiger partial charge < -0.3 is 4.74 Å². The van der Waals surface area contributed by atoms with E-state index in [1.807, 2.05) is 0 Å². The van der Waals surface area contributed by atoms with Gasteiger partial charge in [-0.05, 0) is 50.1 Å². The lowest BCUT2D eigenvalue weighted by molar-refractivity contribution is 0.0576. The first-order chi connectivity index (χ1) is 15.1. The van der Waals surface area contributed by atoms with Crippen molar-refractivity contribution in [2.45, 2.75) is 47.5 Å². The Morgan fingerprint density at radius 3 is 2.45 bits per heavy atom. The van der Waals surface area contributed by atoms with Gasteiger partial charge in [0.2, 0.25) is 9.84 Å². The number of hydrogen-bond donors (Lipinski definition) is 1. The van der Waals surface area contributed by atoms with Crippen LogP contribution in [0.4, 0.5) is 22.0 Å². The van der Waals surface area contributed by atoms with Crippen LogP contribution in [0, 0.1) is 17.1 Å². The van der Waals surface area contributed by atoms with Crippen LogP contribution in [0.5, 0.6) is 11.5 Å². The molecule has 2 aromatic carbocycles. The lowest BCUT2D eigenvalue weighted by atomic mass is 9.87. The van der Waals surface area contributed by atoms with Gasteiger partial charge in [-0.3, -0.25) is 5.14 Å². The molecule has 0 aromatic heterocycles. The molecule has 0 spiro atoms. The molecule has 0 amide bonds. The molecule has 1 aliphatic rings. The monoisotopic (exact) mass is 508 g/mol. The van der Waals surface area contributed by atoms with Crippen molar-refractivity contribution in [3.05, 3.63) is 52.8 Å². The Hall–Kier alpha value is -2.56. The van der Waals surface area contributed by atoms with Crippen LogP contribution >= 0.6 is 0 Å². The number of sulfone groups is 1. The molecule has 1 aliphatic heterocycles. The highest BCUT2D eigenvalue weighted by atomic mass is 32.2. The van der Waals surface area contributed by atoms with Crippen molar-refractivity contribution < 1.29 is 39.3 Å². The predicted octanol–water partition coefficient (Wildman–Crippen LogP) is 4.68. The van der Waals surface area contributed by atoms with Gasteiger partial charge in [-0.2, -0.15) is 14.0 Å². The van der Waals surface area contributed by atoms with Crippen LogP contribution < -0.4 is 9.88 Å². The Bertz CT molecular complexity index is 1290. The van der Waals surface area contributed by atoms with Gasteiger partial charge >= 0.3 is 5.25 Å². The number of hydrogen-bond acceptors (Lipinski definition) is 5. The van der Waals surface area contributed by atoms with Crippen molar-refractivity contribution in [1.29, 1.82) is 5.26 Å². The van der Waals surface area contributed by atoms with Gasteiger partial charge in [0.05, 0.1) is 43.7 Å². The number of benzene rings is 2. The summed E-state index contributed by atoms with van der Waals surface area (Å²) in [4.78, 5) is -1.00. The highest BCUT2D eigenvalue weighted by molar-refractivity contribution is 7.93. The zero-order chi connectivity index (χ0) is 24.9. The lowest BCUT2D eigenvalue weighted by Crippen LogP contribution is -2.38. The third-order valence-electron chi connectivity index (χ3n) is 5.30. The molecule has 0 aliphatic carbocycles. The summed E-state index contributed by atoms with van der Waals surface area (Å²) in [6, 6.07) is 5.80. The van der Waals surface area contributed by atoms with Crippen molar-refractivity contribution in [3.63, 3.8) is 0 Å². The van der Waals surface area contributed by atoms with Gasteiger partial charge in [0, 0.05) is 6.07 Å². The molecule has 0 fully saturated rings. The number of nitrogens with zero attached hydrogens (tertiary/aromatic N) is 1. The van der Waals surface area contributed by atoms with Gasteiger partial charge in [0.1, 0.15) is 17.3 Å². The number of halogens is 5. The summed E-state index contributed by atoms with van der Waals surface area (Å²) in [6.07, 6.45) is -4.26. The average Bonchev–Trinajstić information content (AvgIpc) is 2.83. The first-order valence-corrected chi connectivity index (χ1v) is 12.0. The van der Waals surface area contributed by atoms with Crippen molar-refractivity contribution >= 4 is 20.8 Å². The summed E-state index contributed by atoms with van der Waals surface area (Å²) in [6.45, 7) is 2.48. The van der Waals surface area contributed by atoms with Crippen LogP contribution in [0.3, 0.4) is 0 Å². The smallest absolute Gasteiger partial charge is 0.356 e. The van der Waals surface area contributed by atoms with Gasteiger partial charge in [0.15, 0.2) is 0 Å². The second-order valence-corrected chi connectivity index (χ2v) is 11.6. The molecule has 33 heavy (non-hydrogen) atoms. The average molecular weight is 508 g/mol. The van der Waals surface area contributed by atoms with Crippen molar-refractivity contribution in [2.75, 3.05) is 0 Å². The number of fused-ring (bicyclic) bond motifs is 1. The third-order valence-corrected chi connectivity index (χ3v) is 8.49. The fourth-order valence-corrected chi connectivity index (χ4v) is 5.60. The molecule has 0 bridgehead atoms. The van der Waals surface area contributed by atoms with Crippen LogP contribution in [-0.2, 0) is 20.8 Å². The van der Waals surface area contributed by atoms with Crippen molar-refractivity contribution in [2.24, 2.45) is 5.14 Å². The van der Waals surface area contributed by atoms with Crippen LogP contribution in [0.1, 0.15) is 49.3 Å². The zero-order valence-corrected chi connectivity index (χ0v) is 18.7. The number of nitrogens with two attached hydrogens (primary N) is 1. The predicted molar refractivity (Wildman–Crippen MR) is 108 cm³/mol. The number of ether oxygens (including phenoxy) is 1. The summed E-state index contributed by atoms with van der Waals surface area (Å²) in [5, 5.41) is 9.80. The molecule has 13 heteroatoms. The first-order valence-electron chi connectivity index (χ1n) is 9.25. The Labute approximate surface area is 188 Å². The second-order valence-electron chi connectivity index (χ2n) is 7.96. The Morgan fingerprint density at radius 2 is 1.91 bits per heavy atom. The molecule has 0 saturated heterocycles. The molecule has 2 N–H and O–H groups in total. The normalized spacial score (nSPS) is 19.7. The SMILES string of the molecule is CC(C)(C[C@H]1c2c(ccc(Oc3cc(F)cc(C#N)c3)c2C(F)F)S(=O)(=O)C1(F)F)S(N)=O. The molecular formula is C20H17F5N2O4S2. The van der Waals surface area contributed by atoms with Crippen LogP contribution in [0.15, 0.2) is 35.2 Å². The van der Waals surface area contributed by atoms with E-state index in [0.717, 1.165) is 24.3 Å². The van der Waals surface area contributed by atoms with E-state index < -0.39 is 77.2 Å². The van der Waals surface area contributed by atoms with Crippen molar-refractivity contribution in [3.8, 4) is 17.6 Å². The molecule has 0 radical (unpaired) electrons. The van der Waals surface area contributed by atoms with E-state index in [-0.39, 0.29) is 11.3 Å². The van der Waals surface area contributed by atoms with Crippen LogP contribution in [0.25, 0.3) is 0 Å². The highest BCUT2D eigenvalue weighted by Gasteiger charge is 2.63. The number of nitriles is 1. The molecule has 178 valence electrons. The number of alkyl halides is 4. The minimum absolute atomic E-state index is 0.191. The fraction of sp³-hybridized carbons (Fsp3) is 0.350. The number of rotatable bonds is 6. The van der Waals surface area contributed by atoms with E-state index in [1.165, 1.54) is 13.8 Å². The van der Waals surface area contributed by atoms with E-state index in [9.17, 15) is 25.8 Å². The van der Waals surface area contributed by atoms with Crippen LogP contribution in [0.2, 0.25) is 0 Å². The quantitative estimate of drug-likeness (QED) is 0.570. The lowest BCUT2D eigenvalue weighted by Gasteiger charge is -2.28. The van der Waals surface area contributed by atoms with E-state index in [4.69, 9.17) is 15.1 Å². The molecular weight excluding hydrogens is 491 g/mol. The van der Waals surface area contributed by atoms with E-state index in [0.29, 0.717) is 6.07 Å². The standard InChI is InChI=1S/C20H17F5N2O4S2/c1-19(2,32(27)28)8-13-16-15(33(29,30)20(13,24)25)4-3-14(17(16)18(22)23)31-12-6-10(9-26)5-11(21)7-12/h3-7,13,18H,8,27H2,1-2H3/t13-,32?/m0/s1. The van der Waals surface area contributed by atoms with Crippen molar-refractivity contribution in [1.82, 2.24) is 0 Å². The Balaban J connectivity index is 2.25. The summed E-state index contributed by atoms with van der Waals surface area (Å²) in [7, 11) is -7.55. The maximum absolute atomic E-state index is 15.0.